The fraction of sp³-hybridized carbons (Fsp3) is 0.208. The van der Waals surface area contributed by atoms with Crippen LogP contribution in [0.25, 0.3) is 0 Å². The van der Waals surface area contributed by atoms with E-state index in [9.17, 15) is 18.8 Å². The van der Waals surface area contributed by atoms with Crippen LogP contribution in [0.1, 0.15) is 39.9 Å². The number of carbonyl (C=O) groups is 2. The highest BCUT2D eigenvalue weighted by Gasteiger charge is 2.59. The molecular formula is C24H19FN2O4. The summed E-state index contributed by atoms with van der Waals surface area (Å²) < 4.78 is 19.2. The van der Waals surface area contributed by atoms with Crippen molar-refractivity contribution in [1.29, 1.82) is 0 Å². The van der Waals surface area contributed by atoms with Gasteiger partial charge in [0, 0.05) is 24.4 Å². The molecule has 2 aromatic carbocycles. The number of hydrogen-bond acceptors (Lipinski definition) is 4. The largest absolute Gasteiger partial charge is 0.456 e. The van der Waals surface area contributed by atoms with Crippen LogP contribution in [0.5, 0.6) is 0 Å². The van der Waals surface area contributed by atoms with Gasteiger partial charge in [0.1, 0.15) is 17.0 Å². The molecular weight excluding hydrogens is 399 g/mol. The summed E-state index contributed by atoms with van der Waals surface area (Å²) in [5.74, 6) is -0.851. The van der Waals surface area contributed by atoms with Gasteiger partial charge in [-0.2, -0.15) is 0 Å². The second kappa shape index (κ2) is 6.91. The maximum Gasteiger partial charge on any atom is 0.290 e. The van der Waals surface area contributed by atoms with Gasteiger partial charge in [-0.05, 0) is 42.7 Å². The molecule has 0 saturated carbocycles. The van der Waals surface area contributed by atoms with Crippen LogP contribution < -0.4 is 10.7 Å². The van der Waals surface area contributed by atoms with E-state index < -0.39 is 23.2 Å². The van der Waals surface area contributed by atoms with Gasteiger partial charge < -0.3 is 14.6 Å². The summed E-state index contributed by atoms with van der Waals surface area (Å²) >= 11 is 0. The summed E-state index contributed by atoms with van der Waals surface area (Å²) in [7, 11) is 0. The molecule has 0 unspecified atom stereocenters. The molecule has 2 aliphatic rings. The Hall–Kier alpha value is -3.74. The highest BCUT2D eigenvalue weighted by molar-refractivity contribution is 6.08. The molecule has 3 aromatic rings. The number of carbonyl (C=O) groups excluding carboxylic acids is 2. The van der Waals surface area contributed by atoms with Crippen molar-refractivity contribution in [1.82, 2.24) is 4.90 Å². The van der Waals surface area contributed by atoms with E-state index in [1.807, 2.05) is 24.3 Å². The first-order valence-corrected chi connectivity index (χ1v) is 9.99. The summed E-state index contributed by atoms with van der Waals surface area (Å²) in [6.07, 6.45) is 0.389. The predicted octanol–water partition coefficient (Wildman–Crippen LogP) is 3.56. The molecule has 6 nitrogen and oxygen atoms in total. The summed E-state index contributed by atoms with van der Waals surface area (Å²) in [4.78, 5) is 40.3. The Morgan fingerprint density at radius 2 is 1.87 bits per heavy atom. The van der Waals surface area contributed by atoms with Gasteiger partial charge >= 0.3 is 0 Å². The molecule has 1 saturated heterocycles. The minimum absolute atomic E-state index is 0.0825. The summed E-state index contributed by atoms with van der Waals surface area (Å²) in [5.41, 5.74) is 0.789. The van der Waals surface area contributed by atoms with Crippen molar-refractivity contribution >= 4 is 17.5 Å². The van der Waals surface area contributed by atoms with Gasteiger partial charge in [-0.1, -0.05) is 30.3 Å². The molecule has 1 fully saturated rings. The third kappa shape index (κ3) is 2.88. The van der Waals surface area contributed by atoms with E-state index >= 15 is 0 Å². The van der Waals surface area contributed by atoms with Gasteiger partial charge in [0.15, 0.2) is 11.2 Å². The molecule has 7 heteroatoms. The van der Waals surface area contributed by atoms with Crippen LogP contribution in [0.3, 0.4) is 0 Å². The van der Waals surface area contributed by atoms with E-state index in [1.54, 1.807) is 24.0 Å². The van der Waals surface area contributed by atoms with Gasteiger partial charge in [-0.3, -0.25) is 14.4 Å². The van der Waals surface area contributed by atoms with Gasteiger partial charge in [0.05, 0.1) is 6.04 Å². The molecule has 2 amide bonds. The SMILES string of the molecule is Cc1cc(=O)cc(C(=O)N2CC[C@]3(C(=O)Nc4ccccc43)[C@@H]2c2ccc(F)cc2)o1. The first-order valence-electron chi connectivity index (χ1n) is 9.99. The minimum Gasteiger partial charge on any atom is -0.456 e. The fourth-order valence-electron chi connectivity index (χ4n) is 4.86. The van der Waals surface area contributed by atoms with Crippen molar-refractivity contribution in [2.75, 3.05) is 11.9 Å². The van der Waals surface area contributed by atoms with Crippen molar-refractivity contribution < 1.29 is 18.4 Å². The molecule has 1 N–H and O–H groups in total. The van der Waals surface area contributed by atoms with E-state index in [-0.39, 0.29) is 23.6 Å². The zero-order valence-corrected chi connectivity index (χ0v) is 16.7. The van der Waals surface area contributed by atoms with Crippen LogP contribution in [0.2, 0.25) is 0 Å². The Kier molecular flexibility index (Phi) is 4.28. The van der Waals surface area contributed by atoms with Crippen LogP contribution in [-0.4, -0.2) is 23.3 Å². The zero-order valence-electron chi connectivity index (χ0n) is 16.7. The van der Waals surface area contributed by atoms with Gasteiger partial charge in [0.25, 0.3) is 5.91 Å². The smallest absolute Gasteiger partial charge is 0.290 e. The summed E-state index contributed by atoms with van der Waals surface area (Å²) in [5, 5.41) is 2.93. The van der Waals surface area contributed by atoms with E-state index in [2.05, 4.69) is 5.32 Å². The number of para-hydroxylation sites is 1. The Balaban J connectivity index is 1.68. The Bertz CT molecular complexity index is 1270. The van der Waals surface area contributed by atoms with Crippen molar-refractivity contribution in [3.05, 3.63) is 99.4 Å². The van der Waals surface area contributed by atoms with Crippen molar-refractivity contribution in [3.63, 3.8) is 0 Å². The van der Waals surface area contributed by atoms with E-state index in [1.165, 1.54) is 18.2 Å². The average Bonchev–Trinajstić information content (AvgIpc) is 3.27. The second-order valence-electron chi connectivity index (χ2n) is 7.94. The first-order chi connectivity index (χ1) is 14.9. The van der Waals surface area contributed by atoms with Crippen molar-refractivity contribution in [2.24, 2.45) is 0 Å². The molecule has 5 rings (SSSR count). The predicted molar refractivity (Wildman–Crippen MR) is 111 cm³/mol. The molecule has 1 spiro atoms. The number of amides is 2. The zero-order chi connectivity index (χ0) is 21.8. The lowest BCUT2D eigenvalue weighted by Crippen LogP contribution is -2.42. The number of aryl methyl sites for hydroxylation is 1. The number of anilines is 1. The molecule has 156 valence electrons. The molecule has 2 atom stereocenters. The maximum absolute atomic E-state index is 13.7. The lowest BCUT2D eigenvalue weighted by molar-refractivity contribution is -0.121. The molecule has 31 heavy (non-hydrogen) atoms. The fourth-order valence-corrected chi connectivity index (χ4v) is 4.86. The quantitative estimate of drug-likeness (QED) is 0.690. The molecule has 3 heterocycles. The normalized spacial score (nSPS) is 21.9. The lowest BCUT2D eigenvalue weighted by atomic mass is 9.72. The number of nitrogens with zero attached hydrogens (tertiary/aromatic N) is 1. The Morgan fingerprint density at radius 1 is 1.13 bits per heavy atom. The van der Waals surface area contributed by atoms with Crippen LogP contribution in [0, 0.1) is 12.7 Å². The number of likely N-dealkylation sites (tertiary alicyclic amines) is 1. The number of nitrogens with one attached hydrogen (secondary N) is 1. The average molecular weight is 418 g/mol. The highest BCUT2D eigenvalue weighted by Crippen LogP contribution is 2.54. The Morgan fingerprint density at radius 3 is 2.61 bits per heavy atom. The molecule has 0 aliphatic carbocycles. The lowest BCUT2D eigenvalue weighted by Gasteiger charge is -2.34. The van der Waals surface area contributed by atoms with Crippen LogP contribution in [0.15, 0.2) is 69.9 Å². The van der Waals surface area contributed by atoms with Gasteiger partial charge in [0.2, 0.25) is 5.91 Å². The molecule has 1 aromatic heterocycles. The van der Waals surface area contributed by atoms with Gasteiger partial charge in [-0.15, -0.1) is 0 Å². The first kappa shape index (κ1) is 19.2. The number of halogens is 1. The van der Waals surface area contributed by atoms with Crippen LogP contribution in [0.4, 0.5) is 10.1 Å². The van der Waals surface area contributed by atoms with Crippen molar-refractivity contribution in [3.8, 4) is 0 Å². The third-order valence-corrected chi connectivity index (χ3v) is 6.13. The molecule has 2 aliphatic heterocycles. The maximum atomic E-state index is 13.7. The molecule has 0 bridgehead atoms. The monoisotopic (exact) mass is 418 g/mol. The number of fused-ring (bicyclic) bond motifs is 2. The molecule has 0 radical (unpaired) electrons. The second-order valence-corrected chi connectivity index (χ2v) is 7.94. The third-order valence-electron chi connectivity index (χ3n) is 6.13. The Labute approximate surface area is 177 Å². The topological polar surface area (TPSA) is 79.6 Å². The number of hydrogen-bond donors (Lipinski definition) is 1. The standard InChI is InChI=1S/C24H19FN2O4/c1-14-12-17(28)13-20(31-14)22(29)27-11-10-24(21(27)15-6-8-16(25)9-7-15)18-4-2-3-5-19(18)26-23(24)30/h2-9,12-13,21H,10-11H2,1H3,(H,26,30)/t21-,24+/m0/s1. The van der Waals surface area contributed by atoms with E-state index in [0.717, 1.165) is 11.6 Å². The van der Waals surface area contributed by atoms with E-state index in [0.29, 0.717) is 23.4 Å². The minimum atomic E-state index is -1.02. The van der Waals surface area contributed by atoms with Crippen LogP contribution >= 0.6 is 0 Å². The van der Waals surface area contributed by atoms with Crippen LogP contribution in [-0.2, 0) is 10.2 Å². The highest BCUT2D eigenvalue weighted by atomic mass is 19.1. The van der Waals surface area contributed by atoms with Crippen molar-refractivity contribution in [2.45, 2.75) is 24.8 Å². The van der Waals surface area contributed by atoms with E-state index in [4.69, 9.17) is 4.42 Å². The number of benzene rings is 2. The summed E-state index contributed by atoms with van der Waals surface area (Å²) in [6.45, 7) is 1.88. The summed E-state index contributed by atoms with van der Waals surface area (Å²) in [6, 6.07) is 15.0. The van der Waals surface area contributed by atoms with Gasteiger partial charge in [-0.25, -0.2) is 4.39 Å². The number of rotatable bonds is 2.